The van der Waals surface area contributed by atoms with Crippen LogP contribution in [0.25, 0.3) is 0 Å². The highest BCUT2D eigenvalue weighted by Crippen LogP contribution is 2.29. The average molecular weight is 320 g/mol. The largest absolute Gasteiger partial charge is 0.492 e. The Labute approximate surface area is 123 Å². The Hall–Kier alpha value is -0.820. The predicted octanol–water partition coefficient (Wildman–Crippen LogP) is 1.92. The van der Waals surface area contributed by atoms with Crippen molar-refractivity contribution in [1.82, 2.24) is 0 Å². The molecular weight excluding hydrogens is 302 g/mol. The van der Waals surface area contributed by atoms with Gasteiger partial charge in [-0.15, -0.1) is 0 Å². The molecule has 0 saturated heterocycles. The van der Waals surface area contributed by atoms with Crippen molar-refractivity contribution in [3.8, 4) is 5.75 Å². The number of halogens is 1. The van der Waals surface area contributed by atoms with Crippen LogP contribution in [0.1, 0.15) is 25.7 Å². The van der Waals surface area contributed by atoms with Crippen molar-refractivity contribution >= 4 is 21.6 Å². The number of hydrogen-bond acceptors (Lipinski definition) is 4. The van der Waals surface area contributed by atoms with Gasteiger partial charge in [-0.2, -0.15) is 0 Å². The molecule has 1 aliphatic carbocycles. The molecule has 1 aromatic rings. The molecule has 7 heteroatoms. The Bertz CT molecular complexity index is 568. The average Bonchev–Trinajstić information content (AvgIpc) is 2.38. The first-order chi connectivity index (χ1) is 9.36. The maximum Gasteiger partial charge on any atom is 0.238 e. The summed E-state index contributed by atoms with van der Waals surface area (Å²) < 4.78 is 28.0. The van der Waals surface area contributed by atoms with Gasteiger partial charge in [0.1, 0.15) is 5.75 Å². The second kappa shape index (κ2) is 6.30. The van der Waals surface area contributed by atoms with Crippen molar-refractivity contribution < 1.29 is 18.3 Å². The van der Waals surface area contributed by atoms with E-state index in [1.54, 1.807) is 0 Å². The number of rotatable bonds is 4. The van der Waals surface area contributed by atoms with E-state index in [1.165, 1.54) is 18.2 Å². The fraction of sp³-hybridized carbons (Fsp3) is 0.538. The molecule has 0 spiro atoms. The van der Waals surface area contributed by atoms with Gasteiger partial charge in [-0.05, 0) is 49.8 Å². The molecule has 0 amide bonds. The van der Waals surface area contributed by atoms with Gasteiger partial charge in [0.05, 0.1) is 22.6 Å². The topological polar surface area (TPSA) is 89.6 Å². The molecule has 1 aromatic carbocycles. The number of sulfonamides is 1. The lowest BCUT2D eigenvalue weighted by molar-refractivity contribution is 0.0917. The van der Waals surface area contributed by atoms with Crippen molar-refractivity contribution in [2.75, 3.05) is 6.61 Å². The van der Waals surface area contributed by atoms with E-state index in [4.69, 9.17) is 21.5 Å². The van der Waals surface area contributed by atoms with Gasteiger partial charge in [0.25, 0.3) is 0 Å². The van der Waals surface area contributed by atoms with Crippen LogP contribution in [0.15, 0.2) is 23.1 Å². The Balaban J connectivity index is 1.97. The van der Waals surface area contributed by atoms with Crippen LogP contribution in [0.5, 0.6) is 5.75 Å². The zero-order valence-electron chi connectivity index (χ0n) is 11.0. The Kier molecular flexibility index (Phi) is 4.90. The van der Waals surface area contributed by atoms with E-state index in [9.17, 15) is 13.5 Å². The van der Waals surface area contributed by atoms with Crippen molar-refractivity contribution in [2.24, 2.45) is 11.1 Å². The molecule has 0 unspecified atom stereocenters. The van der Waals surface area contributed by atoms with Gasteiger partial charge in [-0.1, -0.05) is 11.6 Å². The monoisotopic (exact) mass is 319 g/mol. The van der Waals surface area contributed by atoms with Crippen LogP contribution in [-0.2, 0) is 10.0 Å². The third-order valence-electron chi connectivity index (χ3n) is 3.52. The summed E-state index contributed by atoms with van der Waals surface area (Å²) in [6, 6.07) is 4.18. The van der Waals surface area contributed by atoms with Gasteiger partial charge in [-0.3, -0.25) is 0 Å². The van der Waals surface area contributed by atoms with E-state index < -0.39 is 10.0 Å². The number of aliphatic hydroxyl groups excluding tert-OH is 1. The summed E-state index contributed by atoms with van der Waals surface area (Å²) in [4.78, 5) is -0.0318. The molecule has 0 heterocycles. The van der Waals surface area contributed by atoms with E-state index in [0.29, 0.717) is 18.3 Å². The molecule has 20 heavy (non-hydrogen) atoms. The smallest absolute Gasteiger partial charge is 0.238 e. The maximum absolute atomic E-state index is 11.2. The van der Waals surface area contributed by atoms with E-state index >= 15 is 0 Å². The SMILES string of the molecule is NS(=O)(=O)c1ccc(OCC2CCC(O)CC2)c(Cl)c1. The summed E-state index contributed by atoms with van der Waals surface area (Å²) in [5.41, 5.74) is 0. The fourth-order valence-electron chi connectivity index (χ4n) is 2.29. The molecule has 5 nitrogen and oxygen atoms in total. The summed E-state index contributed by atoms with van der Waals surface area (Å²) >= 11 is 5.99. The minimum atomic E-state index is -3.75. The van der Waals surface area contributed by atoms with Crippen LogP contribution in [0.3, 0.4) is 0 Å². The van der Waals surface area contributed by atoms with Crippen molar-refractivity contribution in [3.63, 3.8) is 0 Å². The Morgan fingerprint density at radius 3 is 2.50 bits per heavy atom. The van der Waals surface area contributed by atoms with E-state index in [0.717, 1.165) is 25.7 Å². The van der Waals surface area contributed by atoms with Gasteiger partial charge < -0.3 is 9.84 Å². The highest BCUT2D eigenvalue weighted by Gasteiger charge is 2.20. The normalized spacial score (nSPS) is 23.6. The van der Waals surface area contributed by atoms with Gasteiger partial charge in [-0.25, -0.2) is 13.6 Å². The standard InChI is InChI=1S/C13H18ClNO4S/c14-12-7-11(20(15,17)18)5-6-13(12)19-8-9-1-3-10(16)4-2-9/h5-7,9-10,16H,1-4,8H2,(H2,15,17,18). The number of primary sulfonamides is 1. The van der Waals surface area contributed by atoms with Crippen LogP contribution in [0, 0.1) is 5.92 Å². The minimum absolute atomic E-state index is 0.0318. The lowest BCUT2D eigenvalue weighted by Crippen LogP contribution is -2.22. The second-order valence-corrected chi connectivity index (χ2v) is 7.09. The fourth-order valence-corrected chi connectivity index (χ4v) is 3.13. The predicted molar refractivity (Wildman–Crippen MR) is 76.3 cm³/mol. The van der Waals surface area contributed by atoms with Crippen LogP contribution in [0.2, 0.25) is 5.02 Å². The first kappa shape index (κ1) is 15.6. The quantitative estimate of drug-likeness (QED) is 0.887. The van der Waals surface area contributed by atoms with Crippen LogP contribution >= 0.6 is 11.6 Å². The highest BCUT2D eigenvalue weighted by molar-refractivity contribution is 7.89. The maximum atomic E-state index is 11.2. The van der Waals surface area contributed by atoms with Crippen LogP contribution in [0.4, 0.5) is 0 Å². The summed E-state index contributed by atoms with van der Waals surface area (Å²) in [6.45, 7) is 0.515. The number of benzene rings is 1. The molecule has 0 bridgehead atoms. The van der Waals surface area contributed by atoms with Gasteiger partial charge in [0.2, 0.25) is 10.0 Å². The summed E-state index contributed by atoms with van der Waals surface area (Å²) in [6.07, 6.45) is 3.25. The number of ether oxygens (including phenoxy) is 1. The minimum Gasteiger partial charge on any atom is -0.492 e. The molecular formula is C13H18ClNO4S. The summed E-state index contributed by atoms with van der Waals surface area (Å²) in [5.74, 6) is 0.845. The van der Waals surface area contributed by atoms with E-state index in [-0.39, 0.29) is 16.0 Å². The lowest BCUT2D eigenvalue weighted by Gasteiger charge is -2.25. The number of nitrogens with two attached hydrogens (primary N) is 1. The second-order valence-electron chi connectivity index (χ2n) is 5.12. The van der Waals surface area contributed by atoms with Crippen LogP contribution < -0.4 is 9.88 Å². The third kappa shape index (κ3) is 4.09. The first-order valence-electron chi connectivity index (χ1n) is 6.49. The summed E-state index contributed by atoms with van der Waals surface area (Å²) in [7, 11) is -3.75. The molecule has 1 aliphatic rings. The van der Waals surface area contributed by atoms with Crippen molar-refractivity contribution in [3.05, 3.63) is 23.2 Å². The van der Waals surface area contributed by atoms with Gasteiger partial charge >= 0.3 is 0 Å². The van der Waals surface area contributed by atoms with Crippen molar-refractivity contribution in [2.45, 2.75) is 36.7 Å². The molecule has 0 radical (unpaired) electrons. The zero-order valence-corrected chi connectivity index (χ0v) is 12.5. The van der Waals surface area contributed by atoms with E-state index in [2.05, 4.69) is 0 Å². The molecule has 0 aliphatic heterocycles. The number of aliphatic hydroxyl groups is 1. The zero-order chi connectivity index (χ0) is 14.8. The molecule has 0 aromatic heterocycles. The van der Waals surface area contributed by atoms with E-state index in [1.807, 2.05) is 0 Å². The molecule has 112 valence electrons. The molecule has 1 fully saturated rings. The van der Waals surface area contributed by atoms with Gasteiger partial charge in [0.15, 0.2) is 0 Å². The Morgan fingerprint density at radius 1 is 1.30 bits per heavy atom. The summed E-state index contributed by atoms with van der Waals surface area (Å²) in [5, 5.41) is 14.7. The Morgan fingerprint density at radius 2 is 1.95 bits per heavy atom. The number of hydrogen-bond donors (Lipinski definition) is 2. The van der Waals surface area contributed by atoms with Crippen LogP contribution in [-0.4, -0.2) is 26.2 Å². The van der Waals surface area contributed by atoms with Crippen molar-refractivity contribution in [1.29, 1.82) is 0 Å². The lowest BCUT2D eigenvalue weighted by atomic mass is 9.88. The molecule has 1 saturated carbocycles. The first-order valence-corrected chi connectivity index (χ1v) is 8.42. The highest BCUT2D eigenvalue weighted by atomic mass is 35.5. The molecule has 2 rings (SSSR count). The molecule has 0 atom stereocenters. The van der Waals surface area contributed by atoms with Gasteiger partial charge in [0, 0.05) is 0 Å². The third-order valence-corrected chi connectivity index (χ3v) is 4.73. The molecule has 3 N–H and O–H groups in total.